The Kier molecular flexibility index (Phi) is 5.10. The van der Waals surface area contributed by atoms with Crippen molar-refractivity contribution in [3.63, 3.8) is 0 Å². The molecule has 124 valence electrons. The SMILES string of the molecule is Cc1cnc(CN(C)[C@H]2CCN(C[C@H](O)c3ccccc3)C2)o1. The summed E-state index contributed by atoms with van der Waals surface area (Å²) in [5, 5.41) is 10.4. The maximum Gasteiger partial charge on any atom is 0.208 e. The van der Waals surface area contributed by atoms with Gasteiger partial charge in [0.1, 0.15) is 5.76 Å². The van der Waals surface area contributed by atoms with Crippen LogP contribution in [0.1, 0.15) is 29.7 Å². The zero-order valence-electron chi connectivity index (χ0n) is 13.9. The maximum absolute atomic E-state index is 10.4. The molecule has 2 atom stereocenters. The first kappa shape index (κ1) is 16.2. The third-order valence-corrected chi connectivity index (χ3v) is 4.54. The molecule has 0 spiro atoms. The van der Waals surface area contributed by atoms with Crippen molar-refractivity contribution in [1.82, 2.24) is 14.8 Å². The fourth-order valence-electron chi connectivity index (χ4n) is 3.18. The van der Waals surface area contributed by atoms with Gasteiger partial charge in [0.05, 0.1) is 18.8 Å². The number of β-amino-alcohol motifs (C(OH)–C–C–N with tert-alkyl or cyclic N) is 1. The Hall–Kier alpha value is -1.69. The van der Waals surface area contributed by atoms with Crippen LogP contribution in [0.4, 0.5) is 0 Å². The molecule has 1 fully saturated rings. The predicted octanol–water partition coefficient (Wildman–Crippen LogP) is 2.22. The molecule has 2 aromatic rings. The van der Waals surface area contributed by atoms with Crippen molar-refractivity contribution >= 4 is 0 Å². The molecule has 0 saturated carbocycles. The topological polar surface area (TPSA) is 52.7 Å². The van der Waals surface area contributed by atoms with E-state index in [0.717, 1.165) is 43.3 Å². The van der Waals surface area contributed by atoms with Crippen LogP contribution in [0.3, 0.4) is 0 Å². The summed E-state index contributed by atoms with van der Waals surface area (Å²) in [4.78, 5) is 8.90. The molecular weight excluding hydrogens is 290 g/mol. The summed E-state index contributed by atoms with van der Waals surface area (Å²) in [7, 11) is 2.11. The van der Waals surface area contributed by atoms with E-state index < -0.39 is 6.10 Å². The molecule has 0 radical (unpaired) electrons. The van der Waals surface area contributed by atoms with Crippen LogP contribution in [-0.2, 0) is 6.54 Å². The van der Waals surface area contributed by atoms with Crippen molar-refractivity contribution in [3.05, 3.63) is 53.7 Å². The molecule has 1 aliphatic rings. The minimum Gasteiger partial charge on any atom is -0.445 e. The lowest BCUT2D eigenvalue weighted by atomic mass is 10.1. The summed E-state index contributed by atoms with van der Waals surface area (Å²) in [6, 6.07) is 10.4. The van der Waals surface area contributed by atoms with Crippen LogP contribution in [-0.4, -0.2) is 52.6 Å². The Morgan fingerprint density at radius 1 is 1.39 bits per heavy atom. The molecule has 0 bridgehead atoms. The number of aliphatic hydroxyl groups is 1. The minimum atomic E-state index is -0.422. The molecular formula is C18H25N3O2. The van der Waals surface area contributed by atoms with Crippen molar-refractivity contribution < 1.29 is 9.52 Å². The van der Waals surface area contributed by atoms with E-state index in [9.17, 15) is 5.11 Å². The summed E-state index contributed by atoms with van der Waals surface area (Å²) in [6.45, 7) is 5.32. The summed E-state index contributed by atoms with van der Waals surface area (Å²) in [5.41, 5.74) is 0.986. The fraction of sp³-hybridized carbons (Fsp3) is 0.500. The highest BCUT2D eigenvalue weighted by Crippen LogP contribution is 2.20. The Morgan fingerprint density at radius 3 is 2.87 bits per heavy atom. The first-order valence-electron chi connectivity index (χ1n) is 8.18. The lowest BCUT2D eigenvalue weighted by molar-refractivity contribution is 0.119. The number of aliphatic hydroxyl groups excluding tert-OH is 1. The number of likely N-dealkylation sites (N-methyl/N-ethyl adjacent to an activating group) is 1. The van der Waals surface area contributed by atoms with Gasteiger partial charge in [-0.2, -0.15) is 0 Å². The van der Waals surface area contributed by atoms with E-state index in [1.165, 1.54) is 0 Å². The van der Waals surface area contributed by atoms with Crippen LogP contribution >= 0.6 is 0 Å². The van der Waals surface area contributed by atoms with E-state index >= 15 is 0 Å². The van der Waals surface area contributed by atoms with Gasteiger partial charge in [-0.25, -0.2) is 4.98 Å². The molecule has 23 heavy (non-hydrogen) atoms. The van der Waals surface area contributed by atoms with Crippen LogP contribution in [0.5, 0.6) is 0 Å². The van der Waals surface area contributed by atoms with E-state index in [0.29, 0.717) is 12.6 Å². The summed E-state index contributed by atoms with van der Waals surface area (Å²) in [6.07, 6.45) is 2.45. The zero-order valence-corrected chi connectivity index (χ0v) is 13.9. The monoisotopic (exact) mass is 315 g/mol. The van der Waals surface area contributed by atoms with Gasteiger partial charge in [-0.3, -0.25) is 9.80 Å². The van der Waals surface area contributed by atoms with Gasteiger partial charge in [0.2, 0.25) is 5.89 Å². The lowest BCUT2D eigenvalue weighted by Gasteiger charge is -2.24. The first-order valence-corrected chi connectivity index (χ1v) is 8.18. The molecule has 5 heteroatoms. The number of nitrogens with zero attached hydrogens (tertiary/aromatic N) is 3. The average molecular weight is 315 g/mol. The van der Waals surface area contributed by atoms with Crippen molar-refractivity contribution in [2.45, 2.75) is 32.0 Å². The molecule has 1 N–H and O–H groups in total. The van der Waals surface area contributed by atoms with E-state index in [4.69, 9.17) is 4.42 Å². The highest BCUT2D eigenvalue weighted by atomic mass is 16.4. The van der Waals surface area contributed by atoms with E-state index in [2.05, 4.69) is 21.8 Å². The van der Waals surface area contributed by atoms with Gasteiger partial charge >= 0.3 is 0 Å². The third kappa shape index (κ3) is 4.19. The molecule has 1 aromatic heterocycles. The second kappa shape index (κ2) is 7.25. The maximum atomic E-state index is 10.4. The molecule has 0 aliphatic carbocycles. The summed E-state index contributed by atoms with van der Waals surface area (Å²) in [5.74, 6) is 1.63. The smallest absolute Gasteiger partial charge is 0.208 e. The summed E-state index contributed by atoms with van der Waals surface area (Å²) >= 11 is 0. The normalized spacial score (nSPS) is 20.3. The fourth-order valence-corrected chi connectivity index (χ4v) is 3.18. The Morgan fingerprint density at radius 2 is 2.17 bits per heavy atom. The highest BCUT2D eigenvalue weighted by molar-refractivity contribution is 5.17. The van der Waals surface area contributed by atoms with Gasteiger partial charge < -0.3 is 9.52 Å². The van der Waals surface area contributed by atoms with E-state index in [1.54, 1.807) is 6.20 Å². The number of hydrogen-bond acceptors (Lipinski definition) is 5. The quantitative estimate of drug-likeness (QED) is 0.886. The average Bonchev–Trinajstić information content (AvgIpc) is 3.17. The summed E-state index contributed by atoms with van der Waals surface area (Å²) < 4.78 is 5.56. The zero-order chi connectivity index (χ0) is 16.2. The standard InChI is InChI=1S/C18H25N3O2/c1-14-10-19-18(23-14)13-20(2)16-8-9-21(11-16)12-17(22)15-6-4-3-5-7-15/h3-7,10,16-17,22H,8-9,11-13H2,1-2H3/t16-,17-/m0/s1. The van der Waals surface area contributed by atoms with Gasteiger partial charge in [-0.15, -0.1) is 0 Å². The second-order valence-electron chi connectivity index (χ2n) is 6.41. The van der Waals surface area contributed by atoms with Crippen molar-refractivity contribution in [2.24, 2.45) is 0 Å². The molecule has 1 aliphatic heterocycles. The van der Waals surface area contributed by atoms with E-state index in [-0.39, 0.29) is 0 Å². The highest BCUT2D eigenvalue weighted by Gasteiger charge is 2.27. The lowest BCUT2D eigenvalue weighted by Crippen LogP contribution is -2.35. The van der Waals surface area contributed by atoms with Crippen LogP contribution in [0.2, 0.25) is 0 Å². The van der Waals surface area contributed by atoms with E-state index in [1.807, 2.05) is 37.3 Å². The number of oxazole rings is 1. The number of likely N-dealkylation sites (tertiary alicyclic amines) is 1. The molecule has 0 amide bonds. The second-order valence-corrected chi connectivity index (χ2v) is 6.41. The van der Waals surface area contributed by atoms with Gasteiger partial charge in [0.15, 0.2) is 0 Å². The molecule has 5 nitrogen and oxygen atoms in total. The number of hydrogen-bond donors (Lipinski definition) is 1. The number of benzene rings is 1. The minimum absolute atomic E-state index is 0.422. The van der Waals surface area contributed by atoms with Gasteiger partial charge in [0, 0.05) is 19.1 Å². The Bertz CT molecular complexity index is 614. The Balaban J connectivity index is 1.50. The number of aryl methyl sites for hydroxylation is 1. The molecule has 1 saturated heterocycles. The van der Waals surface area contributed by atoms with Gasteiger partial charge in [0.25, 0.3) is 0 Å². The molecule has 3 rings (SSSR count). The number of aromatic nitrogens is 1. The predicted molar refractivity (Wildman–Crippen MR) is 89.0 cm³/mol. The van der Waals surface area contributed by atoms with Crippen molar-refractivity contribution in [3.8, 4) is 0 Å². The van der Waals surface area contributed by atoms with Gasteiger partial charge in [-0.05, 0) is 32.5 Å². The first-order chi connectivity index (χ1) is 11.1. The molecule has 1 aromatic carbocycles. The Labute approximate surface area is 137 Å². The largest absolute Gasteiger partial charge is 0.445 e. The number of rotatable bonds is 6. The molecule has 2 heterocycles. The van der Waals surface area contributed by atoms with Crippen LogP contribution < -0.4 is 0 Å². The van der Waals surface area contributed by atoms with Crippen LogP contribution in [0, 0.1) is 6.92 Å². The third-order valence-electron chi connectivity index (χ3n) is 4.54. The van der Waals surface area contributed by atoms with Gasteiger partial charge in [-0.1, -0.05) is 30.3 Å². The molecule has 0 unspecified atom stereocenters. The van der Waals surface area contributed by atoms with Crippen LogP contribution in [0.25, 0.3) is 0 Å². The van der Waals surface area contributed by atoms with Crippen molar-refractivity contribution in [1.29, 1.82) is 0 Å². The van der Waals surface area contributed by atoms with Crippen molar-refractivity contribution in [2.75, 3.05) is 26.7 Å². The van der Waals surface area contributed by atoms with Crippen LogP contribution in [0.15, 0.2) is 40.9 Å².